The van der Waals surface area contributed by atoms with Gasteiger partial charge >= 0.3 is 12.0 Å². The first-order valence-corrected chi connectivity index (χ1v) is 6.36. The predicted octanol–water partition coefficient (Wildman–Crippen LogP) is 0.827. The molecule has 0 spiro atoms. The smallest absolute Gasteiger partial charge is 0.344 e. The van der Waals surface area contributed by atoms with E-state index in [9.17, 15) is 14.4 Å². The molecule has 0 saturated heterocycles. The molecule has 1 rings (SSSR count). The lowest BCUT2D eigenvalue weighted by Crippen LogP contribution is -2.40. The molecule has 2 N–H and O–H groups in total. The van der Waals surface area contributed by atoms with E-state index in [4.69, 9.17) is 4.74 Å². The summed E-state index contributed by atoms with van der Waals surface area (Å²) in [6, 6.07) is 6.26. The van der Waals surface area contributed by atoms with Crippen LogP contribution in [0.2, 0.25) is 0 Å². The zero-order valence-electron chi connectivity index (χ0n) is 10.6. The molecule has 7 nitrogen and oxygen atoms in total. The van der Waals surface area contributed by atoms with Crippen LogP contribution >= 0.6 is 15.9 Å². The number of esters is 1. The number of ether oxygens (including phenoxy) is 2. The van der Waals surface area contributed by atoms with Gasteiger partial charge in [-0.3, -0.25) is 10.1 Å². The van der Waals surface area contributed by atoms with Crippen LogP contribution in [0.4, 0.5) is 4.79 Å². The Morgan fingerprint density at radius 2 is 2.00 bits per heavy atom. The van der Waals surface area contributed by atoms with Crippen LogP contribution in [0.15, 0.2) is 28.7 Å². The molecule has 20 heavy (non-hydrogen) atoms. The molecule has 0 atom stereocenters. The van der Waals surface area contributed by atoms with Crippen molar-refractivity contribution in [1.29, 1.82) is 0 Å². The Morgan fingerprint density at radius 3 is 2.65 bits per heavy atom. The lowest BCUT2D eigenvalue weighted by Gasteiger charge is -2.07. The van der Waals surface area contributed by atoms with Gasteiger partial charge < -0.3 is 14.8 Å². The van der Waals surface area contributed by atoms with E-state index < -0.39 is 24.5 Å². The standard InChI is InChI=1S/C12H13BrN2O5/c1-14-12(18)15-10(16)6-20-11(17)7-19-9-4-2-3-8(13)5-9/h2-5H,6-7H2,1H3,(H2,14,15,16,18). The molecule has 1 aromatic carbocycles. The van der Waals surface area contributed by atoms with Crippen LogP contribution in [0.1, 0.15) is 0 Å². The fourth-order valence-electron chi connectivity index (χ4n) is 1.11. The molecule has 0 unspecified atom stereocenters. The molecule has 0 bridgehead atoms. The largest absolute Gasteiger partial charge is 0.482 e. The average molecular weight is 345 g/mol. The van der Waals surface area contributed by atoms with Crippen molar-refractivity contribution in [3.8, 4) is 5.75 Å². The molecule has 0 heterocycles. The van der Waals surface area contributed by atoms with Gasteiger partial charge in [-0.25, -0.2) is 9.59 Å². The number of hydrogen-bond donors (Lipinski definition) is 2. The molecule has 0 aromatic heterocycles. The Hall–Kier alpha value is -2.09. The van der Waals surface area contributed by atoms with Crippen LogP contribution in [-0.2, 0) is 14.3 Å². The molecule has 1 aromatic rings. The molecule has 0 saturated carbocycles. The third kappa shape index (κ3) is 6.19. The van der Waals surface area contributed by atoms with Crippen molar-refractivity contribution in [2.75, 3.05) is 20.3 Å². The number of halogens is 1. The van der Waals surface area contributed by atoms with E-state index in [2.05, 4.69) is 26.0 Å². The van der Waals surface area contributed by atoms with Gasteiger partial charge in [0.25, 0.3) is 5.91 Å². The number of carbonyl (C=O) groups excluding carboxylic acids is 3. The minimum atomic E-state index is -0.722. The Labute approximate surface area is 123 Å². The summed E-state index contributed by atoms with van der Waals surface area (Å²) in [5.74, 6) is -0.941. The van der Waals surface area contributed by atoms with Crippen LogP contribution in [0, 0.1) is 0 Å². The summed E-state index contributed by atoms with van der Waals surface area (Å²) in [5, 5.41) is 4.15. The van der Waals surface area contributed by atoms with Gasteiger partial charge in [-0.15, -0.1) is 0 Å². The normalized spacial score (nSPS) is 9.50. The molecule has 0 fully saturated rings. The number of imide groups is 1. The molecule has 108 valence electrons. The molecular formula is C12H13BrN2O5. The molecule has 0 radical (unpaired) electrons. The maximum atomic E-state index is 11.3. The predicted molar refractivity (Wildman–Crippen MR) is 73.2 cm³/mol. The van der Waals surface area contributed by atoms with Crippen molar-refractivity contribution in [3.05, 3.63) is 28.7 Å². The lowest BCUT2D eigenvalue weighted by molar-refractivity contribution is -0.150. The summed E-state index contributed by atoms with van der Waals surface area (Å²) < 4.78 is 10.6. The van der Waals surface area contributed by atoms with Gasteiger partial charge in [0.2, 0.25) is 0 Å². The third-order valence-electron chi connectivity index (χ3n) is 2.00. The fraction of sp³-hybridized carbons (Fsp3) is 0.250. The topological polar surface area (TPSA) is 93.7 Å². The number of benzene rings is 1. The number of carbonyl (C=O) groups is 3. The molecule has 0 aliphatic rings. The summed E-state index contributed by atoms with van der Waals surface area (Å²) in [7, 11) is 1.36. The van der Waals surface area contributed by atoms with Crippen molar-refractivity contribution in [3.63, 3.8) is 0 Å². The van der Waals surface area contributed by atoms with Gasteiger partial charge in [0.15, 0.2) is 13.2 Å². The van der Waals surface area contributed by atoms with Gasteiger partial charge in [0.1, 0.15) is 5.75 Å². The highest BCUT2D eigenvalue weighted by atomic mass is 79.9. The SMILES string of the molecule is CNC(=O)NC(=O)COC(=O)COc1cccc(Br)c1. The van der Waals surface area contributed by atoms with Crippen LogP contribution in [-0.4, -0.2) is 38.2 Å². The Morgan fingerprint density at radius 1 is 1.25 bits per heavy atom. The maximum Gasteiger partial charge on any atom is 0.344 e. The number of hydrogen-bond acceptors (Lipinski definition) is 5. The second-order valence-electron chi connectivity index (χ2n) is 3.53. The summed E-state index contributed by atoms with van der Waals surface area (Å²) in [5.41, 5.74) is 0. The van der Waals surface area contributed by atoms with E-state index >= 15 is 0 Å². The first-order valence-electron chi connectivity index (χ1n) is 5.57. The number of urea groups is 1. The number of amides is 3. The molecule has 0 aliphatic carbocycles. The second kappa shape index (κ2) is 8.16. The third-order valence-corrected chi connectivity index (χ3v) is 2.49. The van der Waals surface area contributed by atoms with E-state index in [1.807, 2.05) is 11.4 Å². The van der Waals surface area contributed by atoms with Crippen LogP contribution < -0.4 is 15.4 Å². The Kier molecular flexibility index (Phi) is 6.51. The summed E-state index contributed by atoms with van der Waals surface area (Å²) in [4.78, 5) is 33.3. The van der Waals surface area contributed by atoms with Crippen LogP contribution in [0.5, 0.6) is 5.75 Å². The van der Waals surface area contributed by atoms with E-state index in [1.54, 1.807) is 18.2 Å². The van der Waals surface area contributed by atoms with Gasteiger partial charge in [-0.05, 0) is 18.2 Å². The number of rotatable bonds is 5. The van der Waals surface area contributed by atoms with E-state index in [0.717, 1.165) is 4.47 Å². The minimum Gasteiger partial charge on any atom is -0.482 e. The van der Waals surface area contributed by atoms with Crippen molar-refractivity contribution in [2.45, 2.75) is 0 Å². The quantitative estimate of drug-likeness (QED) is 0.771. The highest BCUT2D eigenvalue weighted by Gasteiger charge is 2.10. The zero-order valence-corrected chi connectivity index (χ0v) is 12.2. The van der Waals surface area contributed by atoms with Crippen LogP contribution in [0.3, 0.4) is 0 Å². The minimum absolute atomic E-state index is 0.330. The Balaban J connectivity index is 2.27. The van der Waals surface area contributed by atoms with Crippen molar-refractivity contribution in [1.82, 2.24) is 10.6 Å². The van der Waals surface area contributed by atoms with Crippen LogP contribution in [0.25, 0.3) is 0 Å². The van der Waals surface area contributed by atoms with E-state index in [0.29, 0.717) is 5.75 Å². The first kappa shape index (κ1) is 16.0. The first-order chi connectivity index (χ1) is 9.51. The zero-order chi connectivity index (χ0) is 15.0. The van der Waals surface area contributed by atoms with Gasteiger partial charge in [-0.1, -0.05) is 22.0 Å². The van der Waals surface area contributed by atoms with Crippen molar-refractivity contribution in [2.24, 2.45) is 0 Å². The second-order valence-corrected chi connectivity index (χ2v) is 4.45. The monoisotopic (exact) mass is 344 g/mol. The molecular weight excluding hydrogens is 332 g/mol. The van der Waals surface area contributed by atoms with E-state index in [1.165, 1.54) is 7.05 Å². The summed E-state index contributed by atoms with van der Waals surface area (Å²) in [6.07, 6.45) is 0. The molecule has 8 heteroatoms. The van der Waals surface area contributed by atoms with Gasteiger partial charge in [-0.2, -0.15) is 0 Å². The van der Waals surface area contributed by atoms with Crippen molar-refractivity contribution < 1.29 is 23.9 Å². The van der Waals surface area contributed by atoms with Gasteiger partial charge in [0.05, 0.1) is 0 Å². The fourth-order valence-corrected chi connectivity index (χ4v) is 1.49. The summed E-state index contributed by atoms with van der Waals surface area (Å²) in [6.45, 7) is -0.877. The summed E-state index contributed by atoms with van der Waals surface area (Å²) >= 11 is 3.26. The molecule has 0 aliphatic heterocycles. The van der Waals surface area contributed by atoms with Gasteiger partial charge in [0, 0.05) is 11.5 Å². The number of nitrogens with one attached hydrogen (secondary N) is 2. The van der Waals surface area contributed by atoms with E-state index in [-0.39, 0.29) is 6.61 Å². The average Bonchev–Trinajstić information content (AvgIpc) is 2.42. The molecule has 3 amide bonds. The highest BCUT2D eigenvalue weighted by Crippen LogP contribution is 2.17. The highest BCUT2D eigenvalue weighted by molar-refractivity contribution is 9.10. The lowest BCUT2D eigenvalue weighted by atomic mass is 10.3. The Bertz CT molecular complexity index is 506. The van der Waals surface area contributed by atoms with Crippen molar-refractivity contribution >= 4 is 33.8 Å². The maximum absolute atomic E-state index is 11.3.